The quantitative estimate of drug-likeness (QED) is 0.463. The molecular formula is C8H15Br. The fourth-order valence-corrected chi connectivity index (χ4v) is 0.764. The fraction of sp³-hybridized carbons (Fsp3) is 0.750. The van der Waals surface area contributed by atoms with E-state index in [0.29, 0.717) is 5.41 Å². The minimum absolute atomic E-state index is 0.443. The Hall–Kier alpha value is 0.220. The van der Waals surface area contributed by atoms with Crippen molar-refractivity contribution in [1.29, 1.82) is 0 Å². The van der Waals surface area contributed by atoms with Crippen LogP contribution in [0.25, 0.3) is 0 Å². The zero-order valence-electron chi connectivity index (χ0n) is 6.45. The summed E-state index contributed by atoms with van der Waals surface area (Å²) in [4.78, 5) is 0. The van der Waals surface area contributed by atoms with Crippen molar-refractivity contribution in [1.82, 2.24) is 0 Å². The molecule has 0 radical (unpaired) electrons. The van der Waals surface area contributed by atoms with Gasteiger partial charge in [0.25, 0.3) is 0 Å². The number of allylic oxidation sites excluding steroid dienone is 2. The number of hydrogen-bond donors (Lipinski definition) is 0. The largest absolute Gasteiger partial charge is 0.0883 e. The van der Waals surface area contributed by atoms with Crippen LogP contribution in [0.2, 0.25) is 0 Å². The Balaban J connectivity index is 3.38. The van der Waals surface area contributed by atoms with E-state index in [2.05, 4.69) is 48.9 Å². The van der Waals surface area contributed by atoms with Gasteiger partial charge < -0.3 is 0 Å². The summed E-state index contributed by atoms with van der Waals surface area (Å²) in [5.41, 5.74) is 0.443. The first-order valence-corrected chi connectivity index (χ1v) is 4.39. The molecule has 0 unspecified atom stereocenters. The van der Waals surface area contributed by atoms with E-state index in [4.69, 9.17) is 0 Å². The van der Waals surface area contributed by atoms with Crippen LogP contribution in [-0.4, -0.2) is 5.33 Å². The predicted octanol–water partition coefficient (Wildman–Crippen LogP) is 3.37. The van der Waals surface area contributed by atoms with Crippen LogP contribution < -0.4 is 0 Å². The Bertz CT molecular complexity index is 87.2. The smallest absolute Gasteiger partial charge is 0.0212 e. The molecule has 0 bridgehead atoms. The Morgan fingerprint density at radius 3 is 2.11 bits per heavy atom. The van der Waals surface area contributed by atoms with E-state index >= 15 is 0 Å². The molecule has 1 heteroatoms. The minimum atomic E-state index is 0.443. The summed E-state index contributed by atoms with van der Waals surface area (Å²) in [5.74, 6) is 0. The Morgan fingerprint density at radius 2 is 1.78 bits per heavy atom. The second-order valence-electron chi connectivity index (χ2n) is 3.39. The van der Waals surface area contributed by atoms with Crippen molar-refractivity contribution in [3.05, 3.63) is 12.2 Å². The molecule has 54 valence electrons. The van der Waals surface area contributed by atoms with Crippen LogP contribution in [0, 0.1) is 5.41 Å². The van der Waals surface area contributed by atoms with Crippen LogP contribution in [0.4, 0.5) is 0 Å². The van der Waals surface area contributed by atoms with Gasteiger partial charge in [-0.2, -0.15) is 0 Å². The summed E-state index contributed by atoms with van der Waals surface area (Å²) in [6.07, 6.45) is 5.53. The summed E-state index contributed by atoms with van der Waals surface area (Å²) < 4.78 is 0. The molecular weight excluding hydrogens is 176 g/mol. The molecule has 0 spiro atoms. The highest BCUT2D eigenvalue weighted by atomic mass is 79.9. The van der Waals surface area contributed by atoms with E-state index in [1.54, 1.807) is 0 Å². The third-order valence-corrected chi connectivity index (χ3v) is 1.36. The third-order valence-electron chi connectivity index (χ3n) is 0.986. The molecule has 9 heavy (non-hydrogen) atoms. The van der Waals surface area contributed by atoms with Gasteiger partial charge in [-0.1, -0.05) is 48.9 Å². The molecule has 0 atom stereocenters. The lowest BCUT2D eigenvalue weighted by atomic mass is 9.92. The third kappa shape index (κ3) is 8.22. The summed E-state index contributed by atoms with van der Waals surface area (Å²) in [6, 6.07) is 0. The molecule has 0 aliphatic heterocycles. The van der Waals surface area contributed by atoms with Gasteiger partial charge in [-0.15, -0.1) is 0 Å². The monoisotopic (exact) mass is 190 g/mol. The highest BCUT2D eigenvalue weighted by Gasteiger charge is 2.05. The van der Waals surface area contributed by atoms with Crippen LogP contribution in [0.1, 0.15) is 27.2 Å². The molecule has 0 fully saturated rings. The van der Waals surface area contributed by atoms with Crippen molar-refractivity contribution >= 4 is 15.9 Å². The standard InChI is InChI=1S/C8H15Br/c1-8(2,3)6-4-5-7-9/h4-5H,6-7H2,1-3H3. The maximum absolute atomic E-state index is 3.33. The molecule has 0 saturated heterocycles. The van der Waals surface area contributed by atoms with E-state index in [0.717, 1.165) is 5.33 Å². The van der Waals surface area contributed by atoms with E-state index in [1.807, 2.05) is 0 Å². The van der Waals surface area contributed by atoms with Crippen LogP contribution in [0.5, 0.6) is 0 Å². The minimum Gasteiger partial charge on any atom is -0.0883 e. The zero-order chi connectivity index (χ0) is 7.33. The molecule has 0 N–H and O–H groups in total. The summed E-state index contributed by atoms with van der Waals surface area (Å²) >= 11 is 3.33. The van der Waals surface area contributed by atoms with E-state index in [-0.39, 0.29) is 0 Å². The molecule has 0 aromatic carbocycles. The first kappa shape index (κ1) is 9.22. The number of rotatable bonds is 2. The second-order valence-corrected chi connectivity index (χ2v) is 4.04. The molecule has 0 aromatic rings. The van der Waals surface area contributed by atoms with Crippen molar-refractivity contribution < 1.29 is 0 Å². The zero-order valence-corrected chi connectivity index (χ0v) is 8.03. The summed E-state index contributed by atoms with van der Waals surface area (Å²) in [5, 5.41) is 0.975. The molecule has 0 rings (SSSR count). The van der Waals surface area contributed by atoms with Crippen molar-refractivity contribution in [3.63, 3.8) is 0 Å². The highest BCUT2D eigenvalue weighted by Crippen LogP contribution is 2.18. The topological polar surface area (TPSA) is 0 Å². The first-order chi connectivity index (χ1) is 4.06. The molecule has 0 nitrogen and oxygen atoms in total. The lowest BCUT2D eigenvalue weighted by molar-refractivity contribution is 0.420. The molecule has 0 aliphatic carbocycles. The highest BCUT2D eigenvalue weighted by molar-refractivity contribution is 9.09. The predicted molar refractivity (Wildman–Crippen MR) is 47.0 cm³/mol. The molecule has 0 amide bonds. The van der Waals surface area contributed by atoms with Crippen LogP contribution in [0.15, 0.2) is 12.2 Å². The van der Waals surface area contributed by atoms with Crippen molar-refractivity contribution in [2.45, 2.75) is 27.2 Å². The van der Waals surface area contributed by atoms with Gasteiger partial charge in [0.05, 0.1) is 0 Å². The van der Waals surface area contributed by atoms with Crippen molar-refractivity contribution in [2.75, 3.05) is 5.33 Å². The number of alkyl halides is 1. The summed E-state index contributed by atoms with van der Waals surface area (Å²) in [7, 11) is 0. The van der Waals surface area contributed by atoms with Gasteiger partial charge in [0.2, 0.25) is 0 Å². The van der Waals surface area contributed by atoms with Gasteiger partial charge in [0.1, 0.15) is 0 Å². The first-order valence-electron chi connectivity index (χ1n) is 3.27. The van der Waals surface area contributed by atoms with Crippen LogP contribution >= 0.6 is 15.9 Å². The van der Waals surface area contributed by atoms with E-state index < -0.39 is 0 Å². The summed E-state index contributed by atoms with van der Waals surface area (Å²) in [6.45, 7) is 6.72. The molecule has 0 aliphatic rings. The maximum Gasteiger partial charge on any atom is 0.0212 e. The second kappa shape index (κ2) is 4.10. The van der Waals surface area contributed by atoms with Crippen molar-refractivity contribution in [2.24, 2.45) is 5.41 Å². The maximum atomic E-state index is 3.33. The van der Waals surface area contributed by atoms with Gasteiger partial charge in [-0.05, 0) is 11.8 Å². The van der Waals surface area contributed by atoms with Gasteiger partial charge in [-0.25, -0.2) is 0 Å². The van der Waals surface area contributed by atoms with Gasteiger partial charge in [0.15, 0.2) is 0 Å². The van der Waals surface area contributed by atoms with E-state index in [1.165, 1.54) is 6.42 Å². The Morgan fingerprint density at radius 1 is 1.22 bits per heavy atom. The fourth-order valence-electron chi connectivity index (χ4n) is 0.500. The number of hydrogen-bond acceptors (Lipinski definition) is 0. The lowest BCUT2D eigenvalue weighted by Crippen LogP contribution is -2.01. The van der Waals surface area contributed by atoms with Gasteiger partial charge in [-0.3, -0.25) is 0 Å². The average molecular weight is 191 g/mol. The van der Waals surface area contributed by atoms with Gasteiger partial charge in [0, 0.05) is 5.33 Å². The van der Waals surface area contributed by atoms with Crippen LogP contribution in [-0.2, 0) is 0 Å². The SMILES string of the molecule is CC(C)(C)CC=CCBr. The van der Waals surface area contributed by atoms with Gasteiger partial charge >= 0.3 is 0 Å². The Labute approximate surface area is 66.5 Å². The average Bonchev–Trinajstić information content (AvgIpc) is 1.63. The van der Waals surface area contributed by atoms with Crippen LogP contribution in [0.3, 0.4) is 0 Å². The molecule has 0 aromatic heterocycles. The molecule has 0 saturated carbocycles. The van der Waals surface area contributed by atoms with E-state index in [9.17, 15) is 0 Å². The number of halogens is 1. The lowest BCUT2D eigenvalue weighted by Gasteiger charge is -2.14. The van der Waals surface area contributed by atoms with Crippen molar-refractivity contribution in [3.8, 4) is 0 Å². The molecule has 0 heterocycles. The normalized spacial score (nSPS) is 12.9. The Kier molecular flexibility index (Phi) is 4.20.